The van der Waals surface area contributed by atoms with E-state index in [0.717, 1.165) is 24.3 Å². The van der Waals surface area contributed by atoms with E-state index in [-0.39, 0.29) is 17.2 Å². The lowest BCUT2D eigenvalue weighted by atomic mass is 9.96. The molecule has 0 heterocycles. The maximum absolute atomic E-state index is 14.2. The highest BCUT2D eigenvalue weighted by Crippen LogP contribution is 2.39. The maximum atomic E-state index is 14.2. The van der Waals surface area contributed by atoms with Gasteiger partial charge in [-0.2, -0.15) is 13.2 Å². The van der Waals surface area contributed by atoms with E-state index in [4.69, 9.17) is 0 Å². The van der Waals surface area contributed by atoms with Crippen LogP contribution in [0.3, 0.4) is 0 Å². The molecule has 0 aliphatic heterocycles. The van der Waals surface area contributed by atoms with Crippen molar-refractivity contribution in [2.75, 3.05) is 7.05 Å². The summed E-state index contributed by atoms with van der Waals surface area (Å²) in [6.07, 6.45) is -4.86. The number of hydrogen-bond donors (Lipinski definition) is 2. The second-order valence-electron chi connectivity index (χ2n) is 5.01. The summed E-state index contributed by atoms with van der Waals surface area (Å²) in [5, 5.41) is 0. The summed E-state index contributed by atoms with van der Waals surface area (Å²) in [5.74, 6) is -2.06. The van der Waals surface area contributed by atoms with Crippen LogP contribution >= 0.6 is 0 Å². The highest BCUT2D eigenvalue weighted by Gasteiger charge is 2.37. The van der Waals surface area contributed by atoms with Crippen LogP contribution < -0.4 is 10.9 Å². The molecule has 1 unspecified atom stereocenters. The second-order valence-corrected chi connectivity index (χ2v) is 5.01. The summed E-state index contributed by atoms with van der Waals surface area (Å²) in [6.45, 7) is 1.69. The molecule has 2 nitrogen and oxygen atoms in total. The Kier molecular flexibility index (Phi) is 5.01. The molecule has 23 heavy (non-hydrogen) atoms. The van der Waals surface area contributed by atoms with E-state index >= 15 is 0 Å². The highest BCUT2D eigenvalue weighted by atomic mass is 19.4. The van der Waals surface area contributed by atoms with Crippen molar-refractivity contribution < 1.29 is 22.0 Å². The van der Waals surface area contributed by atoms with Gasteiger partial charge in [0.15, 0.2) is 0 Å². The molecule has 2 aromatic rings. The highest BCUT2D eigenvalue weighted by molar-refractivity contribution is 5.68. The third kappa shape index (κ3) is 3.68. The van der Waals surface area contributed by atoms with Crippen LogP contribution in [-0.2, 0) is 6.18 Å². The van der Waals surface area contributed by atoms with Crippen molar-refractivity contribution in [2.45, 2.75) is 19.1 Å². The first-order chi connectivity index (χ1) is 10.8. The molecule has 0 radical (unpaired) electrons. The number of benzene rings is 2. The van der Waals surface area contributed by atoms with E-state index < -0.39 is 28.9 Å². The van der Waals surface area contributed by atoms with E-state index in [0.29, 0.717) is 0 Å². The Morgan fingerprint density at radius 1 is 1.00 bits per heavy atom. The Labute approximate surface area is 130 Å². The summed E-state index contributed by atoms with van der Waals surface area (Å²) >= 11 is 0. The molecule has 0 bridgehead atoms. The van der Waals surface area contributed by atoms with Crippen molar-refractivity contribution in [1.29, 1.82) is 0 Å². The topological polar surface area (TPSA) is 24.1 Å². The van der Waals surface area contributed by atoms with E-state index in [1.165, 1.54) is 12.1 Å². The van der Waals surface area contributed by atoms with Gasteiger partial charge in [0.1, 0.15) is 11.6 Å². The van der Waals surface area contributed by atoms with Gasteiger partial charge in [-0.25, -0.2) is 8.78 Å². The van der Waals surface area contributed by atoms with Gasteiger partial charge in [0, 0.05) is 11.6 Å². The molecule has 124 valence electrons. The SMILES string of the molecule is CNNC(C)c1ccc(-c2cccc(F)c2C(F)(F)F)cc1F. The van der Waals surface area contributed by atoms with Gasteiger partial charge in [-0.3, -0.25) is 10.9 Å². The lowest BCUT2D eigenvalue weighted by molar-refractivity contribution is -0.139. The van der Waals surface area contributed by atoms with Crippen LogP contribution in [0.25, 0.3) is 11.1 Å². The van der Waals surface area contributed by atoms with E-state index in [2.05, 4.69) is 10.9 Å². The fourth-order valence-corrected chi connectivity index (χ4v) is 2.39. The van der Waals surface area contributed by atoms with Crippen LogP contribution in [0.2, 0.25) is 0 Å². The van der Waals surface area contributed by atoms with Crippen molar-refractivity contribution in [2.24, 2.45) is 0 Å². The van der Waals surface area contributed by atoms with Crippen LogP contribution in [0.5, 0.6) is 0 Å². The van der Waals surface area contributed by atoms with Crippen molar-refractivity contribution >= 4 is 0 Å². The summed E-state index contributed by atoms with van der Waals surface area (Å²) in [4.78, 5) is 0. The smallest absolute Gasteiger partial charge is 0.260 e. The molecule has 0 aliphatic rings. The van der Waals surface area contributed by atoms with Gasteiger partial charge in [-0.15, -0.1) is 0 Å². The number of rotatable bonds is 4. The average Bonchev–Trinajstić information content (AvgIpc) is 2.45. The standard InChI is InChI=1S/C16H15F5N2/c1-9(23-22-2)11-7-6-10(8-14(11)18)12-4-3-5-13(17)15(12)16(19,20)21/h3-9,22-23H,1-2H3. The van der Waals surface area contributed by atoms with Gasteiger partial charge in [-0.1, -0.05) is 24.3 Å². The fraction of sp³-hybridized carbons (Fsp3) is 0.250. The molecule has 0 saturated heterocycles. The van der Waals surface area contributed by atoms with Crippen molar-refractivity contribution in [1.82, 2.24) is 10.9 Å². The first kappa shape index (κ1) is 17.4. The molecule has 0 spiro atoms. The number of halogens is 5. The molecule has 0 saturated carbocycles. The van der Waals surface area contributed by atoms with Gasteiger partial charge >= 0.3 is 6.18 Å². The molecule has 0 amide bonds. The first-order valence-electron chi connectivity index (χ1n) is 6.83. The fourth-order valence-electron chi connectivity index (χ4n) is 2.39. The van der Waals surface area contributed by atoms with Gasteiger partial charge in [0.2, 0.25) is 0 Å². The Morgan fingerprint density at radius 2 is 1.70 bits per heavy atom. The zero-order valence-corrected chi connectivity index (χ0v) is 12.4. The molecule has 2 aromatic carbocycles. The van der Waals surface area contributed by atoms with Gasteiger partial charge in [-0.05, 0) is 37.2 Å². The molecule has 1 atom stereocenters. The van der Waals surface area contributed by atoms with E-state index in [9.17, 15) is 22.0 Å². The maximum Gasteiger partial charge on any atom is 0.419 e. The predicted molar refractivity (Wildman–Crippen MR) is 77.4 cm³/mol. The average molecular weight is 330 g/mol. The zero-order valence-electron chi connectivity index (χ0n) is 12.4. The van der Waals surface area contributed by atoms with Crippen LogP contribution in [0, 0.1) is 11.6 Å². The lowest BCUT2D eigenvalue weighted by Gasteiger charge is -2.17. The largest absolute Gasteiger partial charge is 0.419 e. The van der Waals surface area contributed by atoms with E-state index in [1.54, 1.807) is 14.0 Å². The summed E-state index contributed by atoms with van der Waals surface area (Å²) in [6, 6.07) is 6.33. The number of nitrogens with one attached hydrogen (secondary N) is 2. The normalized spacial score (nSPS) is 13.2. The van der Waals surface area contributed by atoms with Crippen LogP contribution in [0.4, 0.5) is 22.0 Å². The van der Waals surface area contributed by atoms with Crippen molar-refractivity contribution in [3.05, 3.63) is 59.2 Å². The zero-order chi connectivity index (χ0) is 17.2. The quantitative estimate of drug-likeness (QED) is 0.640. The van der Waals surface area contributed by atoms with Gasteiger partial charge in [0.05, 0.1) is 5.56 Å². The Bertz CT molecular complexity index is 697. The van der Waals surface area contributed by atoms with Gasteiger partial charge in [0.25, 0.3) is 0 Å². The molecule has 0 aliphatic carbocycles. The minimum Gasteiger partial charge on any atom is -0.260 e. The molecule has 7 heteroatoms. The molecule has 0 fully saturated rings. The minimum atomic E-state index is -4.86. The minimum absolute atomic E-state index is 0.0327. The summed E-state index contributed by atoms with van der Waals surface area (Å²) in [5.41, 5.74) is 3.90. The van der Waals surface area contributed by atoms with Gasteiger partial charge < -0.3 is 0 Å². The van der Waals surface area contributed by atoms with Crippen LogP contribution in [0.15, 0.2) is 36.4 Å². The first-order valence-corrected chi connectivity index (χ1v) is 6.83. The van der Waals surface area contributed by atoms with Crippen LogP contribution in [0.1, 0.15) is 24.1 Å². The molecule has 2 N–H and O–H groups in total. The Morgan fingerprint density at radius 3 is 2.26 bits per heavy atom. The second kappa shape index (κ2) is 6.64. The summed E-state index contributed by atoms with van der Waals surface area (Å²) < 4.78 is 67.0. The molecule has 2 rings (SSSR count). The Hall–Kier alpha value is -1.99. The third-order valence-corrected chi connectivity index (χ3v) is 3.44. The predicted octanol–water partition coefficient (Wildman–Crippen LogP) is 4.44. The molecular weight excluding hydrogens is 315 g/mol. The van der Waals surface area contributed by atoms with Crippen molar-refractivity contribution in [3.63, 3.8) is 0 Å². The summed E-state index contributed by atoms with van der Waals surface area (Å²) in [7, 11) is 1.62. The Balaban J connectivity index is 2.53. The molecule has 0 aromatic heterocycles. The third-order valence-electron chi connectivity index (χ3n) is 3.44. The molecular formula is C16H15F5N2. The monoisotopic (exact) mass is 330 g/mol. The van der Waals surface area contributed by atoms with Crippen molar-refractivity contribution in [3.8, 4) is 11.1 Å². The number of alkyl halides is 3. The van der Waals surface area contributed by atoms with E-state index in [1.807, 2.05) is 0 Å². The number of hydrazine groups is 1. The number of hydrogen-bond acceptors (Lipinski definition) is 2. The van der Waals surface area contributed by atoms with Crippen LogP contribution in [-0.4, -0.2) is 7.05 Å². The lowest BCUT2D eigenvalue weighted by Crippen LogP contribution is -2.30.